The van der Waals surface area contributed by atoms with Crippen LogP contribution in [0.1, 0.15) is 32.3 Å². The lowest BCUT2D eigenvalue weighted by Crippen LogP contribution is -2.41. The molecular weight excluding hydrogens is 446 g/mol. The number of anilines is 2. The van der Waals surface area contributed by atoms with Crippen LogP contribution in [0.4, 0.5) is 16.3 Å². The second kappa shape index (κ2) is 9.32. The number of aromatic nitrogens is 2. The highest BCUT2D eigenvalue weighted by Gasteiger charge is 2.58. The molecule has 0 spiro atoms. The fraction of sp³-hybridized carbons (Fsp3) is 0.478. The maximum absolute atomic E-state index is 12.2. The normalized spacial score (nSPS) is 21.1. The van der Waals surface area contributed by atoms with Gasteiger partial charge in [-0.05, 0) is 50.8 Å². The van der Waals surface area contributed by atoms with E-state index in [0.29, 0.717) is 59.3 Å². The molecule has 2 aromatic rings. The van der Waals surface area contributed by atoms with Crippen LogP contribution in [0.2, 0.25) is 5.02 Å². The number of methoxy groups -OCH3 is 1. The Morgan fingerprint density at radius 3 is 2.91 bits per heavy atom. The number of carbonyl (C=O) groups excluding carboxylic acids is 1. The van der Waals surface area contributed by atoms with Gasteiger partial charge in [0, 0.05) is 18.5 Å². The van der Waals surface area contributed by atoms with E-state index in [1.807, 2.05) is 13.8 Å². The third-order valence-corrected chi connectivity index (χ3v) is 6.41. The molecule has 1 saturated heterocycles. The lowest BCUT2D eigenvalue weighted by Gasteiger charge is -2.31. The largest absolute Gasteiger partial charge is 0.489 e. The molecule has 1 N–H and O–H groups in total. The topological polar surface area (TPSA) is 110 Å². The summed E-state index contributed by atoms with van der Waals surface area (Å²) < 4.78 is 16.9. The summed E-state index contributed by atoms with van der Waals surface area (Å²) in [6, 6.07) is 6.99. The number of piperidine rings is 1. The molecule has 33 heavy (non-hydrogen) atoms. The van der Waals surface area contributed by atoms with E-state index in [2.05, 4.69) is 21.4 Å². The Balaban J connectivity index is 1.41. The van der Waals surface area contributed by atoms with Gasteiger partial charge in [-0.25, -0.2) is 9.78 Å². The first-order valence-electron chi connectivity index (χ1n) is 10.8. The smallest absolute Gasteiger partial charge is 0.410 e. The van der Waals surface area contributed by atoms with E-state index in [1.54, 1.807) is 23.1 Å². The van der Waals surface area contributed by atoms with Crippen LogP contribution in [-0.2, 0) is 4.74 Å². The number of ether oxygens (including phenoxy) is 3. The third-order valence-electron chi connectivity index (χ3n) is 6.10. The second-order valence-electron chi connectivity index (χ2n) is 8.67. The molecule has 1 amide bonds. The van der Waals surface area contributed by atoms with Crippen LogP contribution >= 0.6 is 11.6 Å². The summed E-state index contributed by atoms with van der Waals surface area (Å²) >= 11 is 6.28. The van der Waals surface area contributed by atoms with Gasteiger partial charge in [-0.3, -0.25) is 0 Å². The Morgan fingerprint density at radius 2 is 2.24 bits per heavy atom. The van der Waals surface area contributed by atoms with Crippen LogP contribution in [0.5, 0.6) is 11.6 Å². The molecule has 0 bridgehead atoms. The van der Waals surface area contributed by atoms with Crippen molar-refractivity contribution in [2.24, 2.45) is 11.3 Å². The van der Waals surface area contributed by atoms with Crippen LogP contribution in [0.15, 0.2) is 24.5 Å². The van der Waals surface area contributed by atoms with Gasteiger partial charge in [0.1, 0.15) is 6.33 Å². The highest BCUT2D eigenvalue weighted by atomic mass is 35.5. The molecule has 4 rings (SSSR count). The quantitative estimate of drug-likeness (QED) is 0.633. The molecule has 2 aliphatic rings. The number of likely N-dealkylation sites (tertiary alicyclic amines) is 1. The van der Waals surface area contributed by atoms with E-state index in [1.165, 1.54) is 13.4 Å². The van der Waals surface area contributed by atoms with Gasteiger partial charge in [0.25, 0.3) is 5.88 Å². The molecule has 1 saturated carbocycles. The lowest BCUT2D eigenvalue weighted by atomic mass is 9.96. The van der Waals surface area contributed by atoms with Gasteiger partial charge in [0.2, 0.25) is 5.75 Å². The van der Waals surface area contributed by atoms with E-state index < -0.39 is 0 Å². The average Bonchev–Trinajstić information content (AvgIpc) is 3.52. The minimum absolute atomic E-state index is 0.0363. The van der Waals surface area contributed by atoms with Crippen molar-refractivity contribution in [3.8, 4) is 17.7 Å². The fourth-order valence-corrected chi connectivity index (χ4v) is 4.39. The molecule has 2 atom stereocenters. The van der Waals surface area contributed by atoms with Crippen LogP contribution in [0, 0.1) is 22.7 Å². The molecule has 9 nitrogen and oxygen atoms in total. The van der Waals surface area contributed by atoms with Crippen molar-refractivity contribution >= 4 is 29.2 Å². The van der Waals surface area contributed by atoms with Crippen LogP contribution < -0.4 is 14.8 Å². The summed E-state index contributed by atoms with van der Waals surface area (Å²) in [5.74, 6) is 1.49. The van der Waals surface area contributed by atoms with Crippen LogP contribution in [-0.4, -0.2) is 53.9 Å². The Kier molecular flexibility index (Phi) is 6.47. The number of nitrogens with one attached hydrogen (secondary N) is 1. The van der Waals surface area contributed by atoms with Gasteiger partial charge in [0.15, 0.2) is 5.82 Å². The maximum Gasteiger partial charge on any atom is 0.410 e. The van der Waals surface area contributed by atoms with Crippen LogP contribution in [0.25, 0.3) is 0 Å². The average molecular weight is 472 g/mol. The van der Waals surface area contributed by atoms with Crippen LogP contribution in [0.3, 0.4) is 0 Å². The molecule has 2 unspecified atom stereocenters. The zero-order chi connectivity index (χ0) is 23.6. The van der Waals surface area contributed by atoms with Crippen molar-refractivity contribution in [3.05, 3.63) is 35.1 Å². The molecule has 2 heterocycles. The Morgan fingerprint density at radius 1 is 1.42 bits per heavy atom. The number of rotatable bonds is 7. The number of nitrogens with zero attached hydrogens (tertiary/aromatic N) is 4. The Labute approximate surface area is 197 Å². The first kappa shape index (κ1) is 22.9. The molecule has 1 aromatic carbocycles. The van der Waals surface area contributed by atoms with Crippen molar-refractivity contribution < 1.29 is 19.0 Å². The minimum atomic E-state index is -0.249. The van der Waals surface area contributed by atoms with Gasteiger partial charge >= 0.3 is 6.09 Å². The number of nitriles is 1. The third kappa shape index (κ3) is 4.91. The first-order valence-corrected chi connectivity index (χ1v) is 11.2. The van der Waals surface area contributed by atoms with Crippen molar-refractivity contribution in [2.45, 2.75) is 32.8 Å². The first-order chi connectivity index (χ1) is 15.8. The minimum Gasteiger partial charge on any atom is -0.489 e. The molecule has 1 aromatic heterocycles. The van der Waals surface area contributed by atoms with E-state index in [0.717, 1.165) is 12.8 Å². The number of carbonyl (C=O) groups is 1. The monoisotopic (exact) mass is 471 g/mol. The summed E-state index contributed by atoms with van der Waals surface area (Å²) in [6.45, 7) is 5.51. The summed E-state index contributed by atoms with van der Waals surface area (Å²) in [7, 11) is 1.52. The highest BCUT2D eigenvalue weighted by molar-refractivity contribution is 6.33. The number of amides is 1. The molecule has 174 valence electrons. The Bertz CT molecular complexity index is 1090. The summed E-state index contributed by atoms with van der Waals surface area (Å²) in [5.41, 5.74) is 1.08. The molecule has 1 aliphatic carbocycles. The van der Waals surface area contributed by atoms with Gasteiger partial charge in [0.05, 0.1) is 42.2 Å². The van der Waals surface area contributed by atoms with Crippen molar-refractivity contribution in [3.63, 3.8) is 0 Å². The fourth-order valence-electron chi connectivity index (χ4n) is 4.16. The molecular formula is C23H26ClN5O4. The van der Waals surface area contributed by atoms with E-state index in [-0.39, 0.29) is 17.6 Å². The lowest BCUT2D eigenvalue weighted by molar-refractivity contribution is 0.0585. The summed E-state index contributed by atoms with van der Waals surface area (Å²) in [6.07, 6.45) is 2.87. The molecule has 2 fully saturated rings. The molecule has 10 heteroatoms. The summed E-state index contributed by atoms with van der Waals surface area (Å²) in [5, 5.41) is 12.5. The highest BCUT2D eigenvalue weighted by Crippen LogP contribution is 2.58. The predicted molar refractivity (Wildman–Crippen MR) is 122 cm³/mol. The Hall–Kier alpha value is -3.25. The van der Waals surface area contributed by atoms with Gasteiger partial charge in [-0.15, -0.1) is 0 Å². The number of hydrogen-bond acceptors (Lipinski definition) is 8. The van der Waals surface area contributed by atoms with E-state index >= 15 is 0 Å². The van der Waals surface area contributed by atoms with Gasteiger partial charge in [-0.1, -0.05) is 11.6 Å². The molecule has 0 radical (unpaired) electrons. The van der Waals surface area contributed by atoms with E-state index in [9.17, 15) is 4.79 Å². The standard InChI is InChI=1S/C23H26ClN5O4/c1-14(2)33-22(30)29-7-6-23(9-16(23)11-29)12-32-21-19(31-3)20(26-13-27-21)28-18-5-4-15(10-25)8-17(18)24/h4-5,8,13-14,16H,6-7,9,11-12H2,1-3H3,(H,26,27,28). The van der Waals surface area contributed by atoms with Crippen molar-refractivity contribution in [1.82, 2.24) is 14.9 Å². The molecule has 1 aliphatic heterocycles. The number of fused-ring (bicyclic) bond motifs is 1. The van der Waals surface area contributed by atoms with Gasteiger partial charge in [-0.2, -0.15) is 10.2 Å². The summed E-state index contributed by atoms with van der Waals surface area (Å²) in [4.78, 5) is 22.5. The zero-order valence-corrected chi connectivity index (χ0v) is 19.6. The van der Waals surface area contributed by atoms with Crippen molar-refractivity contribution in [2.75, 3.05) is 32.1 Å². The number of hydrogen-bond donors (Lipinski definition) is 1. The second-order valence-corrected chi connectivity index (χ2v) is 9.08. The number of halogens is 1. The zero-order valence-electron chi connectivity index (χ0n) is 18.8. The predicted octanol–water partition coefficient (Wildman–Crippen LogP) is 4.39. The van der Waals surface area contributed by atoms with Crippen molar-refractivity contribution in [1.29, 1.82) is 5.26 Å². The van der Waals surface area contributed by atoms with Gasteiger partial charge < -0.3 is 24.4 Å². The number of benzene rings is 1. The maximum atomic E-state index is 12.2. The van der Waals surface area contributed by atoms with E-state index in [4.69, 9.17) is 31.1 Å². The SMILES string of the molecule is COc1c(Nc2ccc(C#N)cc2Cl)ncnc1OCC12CCN(C(=O)OC(C)C)CC1C2.